The Morgan fingerprint density at radius 1 is 1.27 bits per heavy atom. The number of carbonyl (C=O) groups excluding carboxylic acids is 1. The molecular weight excluding hydrogens is 298 g/mol. The Morgan fingerprint density at radius 2 is 2.09 bits per heavy atom. The van der Waals surface area contributed by atoms with Gasteiger partial charge in [0.1, 0.15) is 17.0 Å². The fraction of sp³-hybridized carbons (Fsp3) is 0.188. The number of nitrogens with one attached hydrogen (secondary N) is 1. The molecule has 0 atom stereocenters. The van der Waals surface area contributed by atoms with E-state index in [2.05, 4.69) is 37.5 Å². The van der Waals surface area contributed by atoms with Crippen LogP contribution in [0.25, 0.3) is 21.3 Å². The number of rotatable bonds is 5. The lowest BCUT2D eigenvalue weighted by Crippen LogP contribution is -2.10. The second-order valence-corrected chi connectivity index (χ2v) is 5.53. The van der Waals surface area contributed by atoms with Gasteiger partial charge in [0.15, 0.2) is 0 Å². The van der Waals surface area contributed by atoms with Crippen molar-refractivity contribution >= 4 is 33.3 Å². The van der Waals surface area contributed by atoms with Crippen LogP contribution in [0.4, 0.5) is 5.82 Å². The van der Waals surface area contributed by atoms with E-state index >= 15 is 0 Å². The van der Waals surface area contributed by atoms with Crippen molar-refractivity contribution < 1.29 is 9.53 Å². The number of aromatic nitrogens is 2. The smallest absolute Gasteiger partial charge is 0.307 e. The monoisotopic (exact) mass is 313 g/mol. The SMILES string of the molecule is COC(=O)CCNc1ncnc2scc(-c3ccccc3)c12. The first-order valence-corrected chi connectivity index (χ1v) is 7.76. The van der Waals surface area contributed by atoms with Crippen LogP contribution >= 0.6 is 11.3 Å². The van der Waals surface area contributed by atoms with Gasteiger partial charge in [0.05, 0.1) is 18.9 Å². The third-order valence-electron chi connectivity index (χ3n) is 3.30. The molecule has 22 heavy (non-hydrogen) atoms. The van der Waals surface area contributed by atoms with Crippen LogP contribution < -0.4 is 5.32 Å². The molecule has 0 aliphatic heterocycles. The number of anilines is 1. The molecule has 0 amide bonds. The zero-order valence-electron chi connectivity index (χ0n) is 12.1. The van der Waals surface area contributed by atoms with E-state index in [0.717, 1.165) is 27.2 Å². The van der Waals surface area contributed by atoms with Gasteiger partial charge in [-0.15, -0.1) is 11.3 Å². The molecule has 112 valence electrons. The Morgan fingerprint density at radius 3 is 2.86 bits per heavy atom. The normalized spacial score (nSPS) is 10.6. The largest absolute Gasteiger partial charge is 0.469 e. The van der Waals surface area contributed by atoms with Gasteiger partial charge < -0.3 is 10.1 Å². The third kappa shape index (κ3) is 2.92. The Kier molecular flexibility index (Phi) is 4.29. The molecule has 0 spiro atoms. The third-order valence-corrected chi connectivity index (χ3v) is 4.19. The van der Waals surface area contributed by atoms with Gasteiger partial charge in [0.2, 0.25) is 0 Å². The maximum Gasteiger partial charge on any atom is 0.307 e. The number of esters is 1. The number of hydrogen-bond donors (Lipinski definition) is 1. The summed E-state index contributed by atoms with van der Waals surface area (Å²) in [5.74, 6) is 0.500. The summed E-state index contributed by atoms with van der Waals surface area (Å²) in [4.78, 5) is 20.8. The van der Waals surface area contributed by atoms with Crippen LogP contribution in [0.5, 0.6) is 0 Å². The molecule has 0 fully saturated rings. The first kappa shape index (κ1) is 14.5. The van der Waals surface area contributed by atoms with E-state index in [1.54, 1.807) is 11.3 Å². The molecule has 1 N–H and O–H groups in total. The Hall–Kier alpha value is -2.47. The second kappa shape index (κ2) is 6.53. The first-order chi connectivity index (χ1) is 10.8. The quantitative estimate of drug-likeness (QED) is 0.732. The summed E-state index contributed by atoms with van der Waals surface area (Å²) >= 11 is 1.58. The van der Waals surface area contributed by atoms with E-state index in [1.165, 1.54) is 13.4 Å². The summed E-state index contributed by atoms with van der Waals surface area (Å²) in [5, 5.41) is 6.28. The lowest BCUT2D eigenvalue weighted by atomic mass is 10.1. The van der Waals surface area contributed by atoms with Gasteiger partial charge >= 0.3 is 5.97 Å². The molecule has 2 heterocycles. The second-order valence-electron chi connectivity index (χ2n) is 4.67. The van der Waals surface area contributed by atoms with Crippen LogP contribution in [-0.4, -0.2) is 29.6 Å². The molecule has 0 saturated heterocycles. The van der Waals surface area contributed by atoms with E-state index in [1.807, 2.05) is 18.2 Å². The highest BCUT2D eigenvalue weighted by Gasteiger charge is 2.13. The van der Waals surface area contributed by atoms with Gasteiger partial charge in [0, 0.05) is 17.5 Å². The number of thiophene rings is 1. The molecule has 0 aliphatic rings. The molecule has 0 saturated carbocycles. The van der Waals surface area contributed by atoms with E-state index in [0.29, 0.717) is 13.0 Å². The summed E-state index contributed by atoms with van der Waals surface area (Å²) in [6, 6.07) is 10.1. The highest BCUT2D eigenvalue weighted by Crippen LogP contribution is 2.36. The minimum atomic E-state index is -0.244. The topological polar surface area (TPSA) is 64.1 Å². The van der Waals surface area contributed by atoms with Gasteiger partial charge in [-0.3, -0.25) is 4.79 Å². The fourth-order valence-corrected chi connectivity index (χ4v) is 3.14. The number of nitrogens with zero attached hydrogens (tertiary/aromatic N) is 2. The van der Waals surface area contributed by atoms with Crippen molar-refractivity contribution in [2.75, 3.05) is 19.0 Å². The van der Waals surface area contributed by atoms with Crippen molar-refractivity contribution in [2.24, 2.45) is 0 Å². The molecule has 6 heteroatoms. The highest BCUT2D eigenvalue weighted by atomic mass is 32.1. The minimum Gasteiger partial charge on any atom is -0.469 e. The summed E-state index contributed by atoms with van der Waals surface area (Å²) in [6.07, 6.45) is 1.83. The average Bonchev–Trinajstić information content (AvgIpc) is 3.00. The molecule has 1 aromatic carbocycles. The Bertz CT molecular complexity index is 786. The number of benzene rings is 1. The standard InChI is InChI=1S/C16H15N3O2S/c1-21-13(20)7-8-17-15-14-12(11-5-3-2-4-6-11)9-22-16(14)19-10-18-15/h2-6,9-10H,7-8H2,1H3,(H,17,18,19). The zero-order chi connectivity index (χ0) is 15.4. The van der Waals surface area contributed by atoms with Crippen molar-refractivity contribution in [3.8, 4) is 11.1 Å². The molecule has 3 rings (SSSR count). The molecule has 0 radical (unpaired) electrons. The molecule has 0 unspecified atom stereocenters. The maximum absolute atomic E-state index is 11.2. The number of hydrogen-bond acceptors (Lipinski definition) is 6. The minimum absolute atomic E-state index is 0.244. The van der Waals surface area contributed by atoms with Gasteiger partial charge in [-0.05, 0) is 5.56 Å². The van der Waals surface area contributed by atoms with E-state index in [9.17, 15) is 4.79 Å². The number of fused-ring (bicyclic) bond motifs is 1. The van der Waals surface area contributed by atoms with Gasteiger partial charge in [0.25, 0.3) is 0 Å². The van der Waals surface area contributed by atoms with Crippen LogP contribution in [-0.2, 0) is 9.53 Å². The van der Waals surface area contributed by atoms with E-state index in [-0.39, 0.29) is 5.97 Å². The number of carbonyl (C=O) groups is 1. The lowest BCUT2D eigenvalue weighted by molar-refractivity contribution is -0.140. The van der Waals surface area contributed by atoms with Crippen LogP contribution in [0.2, 0.25) is 0 Å². The van der Waals surface area contributed by atoms with E-state index < -0.39 is 0 Å². The van der Waals surface area contributed by atoms with Crippen molar-refractivity contribution in [1.82, 2.24) is 9.97 Å². The predicted octanol–water partition coefficient (Wildman–Crippen LogP) is 3.33. The van der Waals surface area contributed by atoms with Crippen molar-refractivity contribution in [1.29, 1.82) is 0 Å². The van der Waals surface area contributed by atoms with Crippen LogP contribution in [0.15, 0.2) is 42.0 Å². The fourth-order valence-electron chi connectivity index (χ4n) is 2.22. The average molecular weight is 313 g/mol. The molecule has 0 aliphatic carbocycles. The van der Waals surface area contributed by atoms with Gasteiger partial charge in [-0.2, -0.15) is 0 Å². The molecule has 5 nitrogen and oxygen atoms in total. The van der Waals surface area contributed by atoms with Crippen LogP contribution in [0.1, 0.15) is 6.42 Å². The molecule has 0 bridgehead atoms. The van der Waals surface area contributed by atoms with Crippen molar-refractivity contribution in [3.63, 3.8) is 0 Å². The molecular formula is C16H15N3O2S. The summed E-state index contributed by atoms with van der Waals surface area (Å²) in [5.41, 5.74) is 2.22. The summed E-state index contributed by atoms with van der Waals surface area (Å²) < 4.78 is 4.64. The lowest BCUT2D eigenvalue weighted by Gasteiger charge is -2.07. The summed E-state index contributed by atoms with van der Waals surface area (Å²) in [6.45, 7) is 0.475. The zero-order valence-corrected chi connectivity index (χ0v) is 12.9. The number of methoxy groups -OCH3 is 1. The highest BCUT2D eigenvalue weighted by molar-refractivity contribution is 7.17. The summed E-state index contributed by atoms with van der Waals surface area (Å²) in [7, 11) is 1.39. The van der Waals surface area contributed by atoms with Gasteiger partial charge in [-0.1, -0.05) is 30.3 Å². The van der Waals surface area contributed by atoms with Crippen LogP contribution in [0.3, 0.4) is 0 Å². The van der Waals surface area contributed by atoms with Crippen molar-refractivity contribution in [3.05, 3.63) is 42.0 Å². The first-order valence-electron chi connectivity index (χ1n) is 6.88. The number of ether oxygens (including phenoxy) is 1. The predicted molar refractivity (Wildman–Crippen MR) is 88.0 cm³/mol. The van der Waals surface area contributed by atoms with E-state index in [4.69, 9.17) is 0 Å². The Labute approximate surface area is 132 Å². The van der Waals surface area contributed by atoms with Crippen LogP contribution in [0, 0.1) is 0 Å². The molecule has 3 aromatic rings. The Balaban J connectivity index is 1.93. The van der Waals surface area contributed by atoms with Gasteiger partial charge in [-0.25, -0.2) is 9.97 Å². The van der Waals surface area contributed by atoms with Crippen molar-refractivity contribution in [2.45, 2.75) is 6.42 Å². The maximum atomic E-state index is 11.2. The molecule has 2 aromatic heterocycles.